The van der Waals surface area contributed by atoms with E-state index in [-0.39, 0.29) is 48.7 Å². The van der Waals surface area contributed by atoms with Gasteiger partial charge in [0.1, 0.15) is 23.5 Å². The zero-order chi connectivity index (χ0) is 39.2. The molecule has 1 unspecified atom stereocenters. The van der Waals surface area contributed by atoms with Gasteiger partial charge in [0.25, 0.3) is 11.8 Å². The summed E-state index contributed by atoms with van der Waals surface area (Å²) < 4.78 is 23.0. The highest BCUT2D eigenvalue weighted by Crippen LogP contribution is 2.34. The predicted molar refractivity (Wildman–Crippen MR) is 205 cm³/mol. The molecule has 0 radical (unpaired) electrons. The van der Waals surface area contributed by atoms with Gasteiger partial charge in [-0.3, -0.25) is 39.0 Å². The molecule has 2 N–H and O–H groups in total. The SMILES string of the molecule is COC1CCN(c2nccc(Nc3cc4c(cn3)c(N3CCC(N(C)Cc5cc6c(cc5F)C(=O)N(C5CCC(=O)NC5=O)C6=O)CC3)nn4C(C)C)n2)CC1. The van der Waals surface area contributed by atoms with Gasteiger partial charge in [-0.15, -0.1) is 0 Å². The molecule has 3 aromatic heterocycles. The van der Waals surface area contributed by atoms with Crippen LogP contribution in [-0.2, 0) is 20.9 Å². The molecule has 0 aliphatic carbocycles. The molecule has 8 rings (SSSR count). The zero-order valence-corrected chi connectivity index (χ0v) is 32.0. The van der Waals surface area contributed by atoms with Crippen LogP contribution in [0.2, 0.25) is 0 Å². The number of pyridine rings is 1. The molecule has 7 heterocycles. The second-order valence-electron chi connectivity index (χ2n) is 15.3. The van der Waals surface area contributed by atoms with Crippen molar-refractivity contribution in [3.63, 3.8) is 0 Å². The Balaban J connectivity index is 0.926. The molecular formula is C39H46FN11O5. The van der Waals surface area contributed by atoms with Gasteiger partial charge in [0, 0.05) is 82.4 Å². The Kier molecular flexibility index (Phi) is 10.1. The number of hydrogen-bond donors (Lipinski definition) is 2. The lowest BCUT2D eigenvalue weighted by Gasteiger charge is -2.37. The molecule has 4 aromatic rings. The third-order valence-corrected chi connectivity index (χ3v) is 11.4. The molecule has 0 spiro atoms. The number of fused-ring (bicyclic) bond motifs is 2. The summed E-state index contributed by atoms with van der Waals surface area (Å²) in [6, 6.07) is 5.49. The maximum atomic E-state index is 15.5. The summed E-state index contributed by atoms with van der Waals surface area (Å²) in [5, 5.41) is 11.6. The van der Waals surface area contributed by atoms with E-state index in [9.17, 15) is 19.2 Å². The molecule has 16 nitrogen and oxygen atoms in total. The highest BCUT2D eigenvalue weighted by atomic mass is 19.1. The van der Waals surface area contributed by atoms with E-state index in [0.29, 0.717) is 23.1 Å². The number of rotatable bonds is 10. The van der Waals surface area contributed by atoms with Gasteiger partial charge in [-0.25, -0.2) is 14.4 Å². The van der Waals surface area contributed by atoms with Crippen LogP contribution in [0, 0.1) is 5.82 Å². The number of amides is 4. The van der Waals surface area contributed by atoms with E-state index >= 15 is 4.39 Å². The Morgan fingerprint density at radius 2 is 1.66 bits per heavy atom. The fourth-order valence-corrected chi connectivity index (χ4v) is 8.28. The van der Waals surface area contributed by atoms with Crippen LogP contribution in [0.4, 0.5) is 27.8 Å². The number of nitrogens with zero attached hydrogens (tertiary/aromatic N) is 9. The lowest BCUT2D eigenvalue weighted by atomic mass is 10.0. The quantitative estimate of drug-likeness (QED) is 0.224. The number of hydrogen-bond acceptors (Lipinski definition) is 13. The highest BCUT2D eigenvalue weighted by Gasteiger charge is 2.45. The molecule has 17 heteroatoms. The van der Waals surface area contributed by atoms with Gasteiger partial charge in [-0.2, -0.15) is 10.1 Å². The average molecular weight is 768 g/mol. The third-order valence-electron chi connectivity index (χ3n) is 11.4. The summed E-state index contributed by atoms with van der Waals surface area (Å²) in [6.45, 7) is 7.56. The lowest BCUT2D eigenvalue weighted by molar-refractivity contribution is -0.136. The van der Waals surface area contributed by atoms with E-state index < -0.39 is 35.5 Å². The van der Waals surface area contributed by atoms with Crippen molar-refractivity contribution in [2.24, 2.45) is 0 Å². The minimum Gasteiger partial charge on any atom is -0.381 e. The van der Waals surface area contributed by atoms with Gasteiger partial charge in [0.2, 0.25) is 17.8 Å². The Morgan fingerprint density at radius 1 is 0.946 bits per heavy atom. The van der Waals surface area contributed by atoms with Crippen LogP contribution in [0.3, 0.4) is 0 Å². The van der Waals surface area contributed by atoms with Gasteiger partial charge >= 0.3 is 0 Å². The molecule has 0 saturated carbocycles. The summed E-state index contributed by atoms with van der Waals surface area (Å²) >= 11 is 0. The summed E-state index contributed by atoms with van der Waals surface area (Å²) in [6.07, 6.45) is 7.40. The molecule has 0 bridgehead atoms. The molecule has 4 amide bonds. The first kappa shape index (κ1) is 37.4. The van der Waals surface area contributed by atoms with Gasteiger partial charge in [0.05, 0.1) is 28.1 Å². The highest BCUT2D eigenvalue weighted by molar-refractivity contribution is 6.23. The third kappa shape index (κ3) is 7.04. The number of halogens is 1. The standard InChI is InChI=1S/C39H46FN11O5/c1-22(2)51-31-19-33(43-32-7-12-41-39(44-32)49-15-10-25(56-4)11-16-49)42-20-28(31)35(46-51)48-13-8-24(9-14-48)47(3)21-23-17-26-27(18-29(23)40)38(55)50(37(26)54)30-5-6-34(52)45-36(30)53/h7,12,17-20,22,24-25,30H,5-6,8-11,13-16,21H2,1-4H3,(H,45,52,53)(H,41,42,43,44). The second kappa shape index (κ2) is 15.2. The van der Waals surface area contributed by atoms with Crippen LogP contribution < -0.4 is 20.4 Å². The van der Waals surface area contributed by atoms with E-state index in [4.69, 9.17) is 19.8 Å². The lowest BCUT2D eigenvalue weighted by Crippen LogP contribution is -2.54. The monoisotopic (exact) mass is 767 g/mol. The van der Waals surface area contributed by atoms with Gasteiger partial charge in [-0.1, -0.05) is 0 Å². The van der Waals surface area contributed by atoms with Crippen molar-refractivity contribution >= 4 is 57.9 Å². The van der Waals surface area contributed by atoms with Crippen LogP contribution in [0.25, 0.3) is 10.9 Å². The number of aromatic nitrogens is 5. The van der Waals surface area contributed by atoms with Crippen molar-refractivity contribution in [3.8, 4) is 0 Å². The van der Waals surface area contributed by atoms with Crippen molar-refractivity contribution < 1.29 is 28.3 Å². The smallest absolute Gasteiger partial charge is 0.262 e. The zero-order valence-electron chi connectivity index (χ0n) is 32.0. The first-order valence-corrected chi connectivity index (χ1v) is 19.2. The van der Waals surface area contributed by atoms with Crippen molar-refractivity contribution in [2.75, 3.05) is 55.5 Å². The van der Waals surface area contributed by atoms with Crippen LogP contribution >= 0.6 is 0 Å². The van der Waals surface area contributed by atoms with E-state index in [1.807, 2.05) is 30.1 Å². The fourth-order valence-electron chi connectivity index (χ4n) is 8.28. The topological polar surface area (TPSA) is 171 Å². The number of carbonyl (C=O) groups is 4. The maximum absolute atomic E-state index is 15.5. The van der Waals surface area contributed by atoms with Crippen LogP contribution in [-0.4, -0.2) is 117 Å². The van der Waals surface area contributed by atoms with Crippen molar-refractivity contribution in [2.45, 2.75) is 83.1 Å². The Bertz CT molecular complexity index is 2190. The van der Waals surface area contributed by atoms with Crippen LogP contribution in [0.15, 0.2) is 36.7 Å². The minimum absolute atomic E-state index is 0.0138. The molecule has 294 valence electrons. The Hall–Kier alpha value is -5.55. The Labute approximate surface area is 323 Å². The minimum atomic E-state index is -1.11. The molecule has 3 saturated heterocycles. The number of methoxy groups -OCH3 is 1. The van der Waals surface area contributed by atoms with Crippen LogP contribution in [0.1, 0.15) is 84.7 Å². The van der Waals surface area contributed by atoms with Gasteiger partial charge < -0.3 is 19.9 Å². The maximum Gasteiger partial charge on any atom is 0.262 e. The van der Waals surface area contributed by atoms with E-state index in [1.165, 1.54) is 6.07 Å². The Morgan fingerprint density at radius 3 is 2.36 bits per heavy atom. The summed E-state index contributed by atoms with van der Waals surface area (Å²) in [5.74, 6) is -0.265. The van der Waals surface area contributed by atoms with Gasteiger partial charge in [0.15, 0.2) is 5.82 Å². The molecule has 1 atom stereocenters. The molecule has 1 aromatic carbocycles. The average Bonchev–Trinajstić information content (AvgIpc) is 3.69. The number of nitrogens with one attached hydrogen (secondary N) is 2. The number of benzene rings is 1. The van der Waals surface area contributed by atoms with E-state index in [1.54, 1.807) is 13.3 Å². The van der Waals surface area contributed by atoms with E-state index in [2.05, 4.69) is 44.2 Å². The second-order valence-corrected chi connectivity index (χ2v) is 15.3. The van der Waals surface area contributed by atoms with Crippen molar-refractivity contribution in [1.29, 1.82) is 0 Å². The van der Waals surface area contributed by atoms with Crippen LogP contribution in [0.5, 0.6) is 0 Å². The number of imide groups is 2. The summed E-state index contributed by atoms with van der Waals surface area (Å²) in [7, 11) is 3.69. The number of piperidine rings is 3. The number of ether oxygens (including phenoxy) is 1. The fraction of sp³-hybridized carbons (Fsp3) is 0.487. The molecule has 4 aliphatic heterocycles. The summed E-state index contributed by atoms with van der Waals surface area (Å²) in [4.78, 5) is 72.0. The molecular weight excluding hydrogens is 721 g/mol. The molecule has 3 fully saturated rings. The number of anilines is 4. The largest absolute Gasteiger partial charge is 0.381 e. The van der Waals surface area contributed by atoms with Crippen molar-refractivity contribution in [3.05, 3.63) is 59.2 Å². The first-order chi connectivity index (χ1) is 27.0. The van der Waals surface area contributed by atoms with Crippen molar-refractivity contribution in [1.82, 2.24) is 39.8 Å². The first-order valence-electron chi connectivity index (χ1n) is 19.2. The van der Waals surface area contributed by atoms with Gasteiger partial charge in [-0.05, 0) is 71.2 Å². The van der Waals surface area contributed by atoms with E-state index in [0.717, 1.165) is 79.5 Å². The number of carbonyl (C=O) groups excluding carboxylic acids is 4. The predicted octanol–water partition coefficient (Wildman–Crippen LogP) is 3.80. The molecule has 4 aliphatic rings. The molecule has 56 heavy (non-hydrogen) atoms. The summed E-state index contributed by atoms with van der Waals surface area (Å²) in [5.41, 5.74) is 1.25. The normalized spacial score (nSPS) is 19.8.